The van der Waals surface area contributed by atoms with E-state index in [1.807, 2.05) is 18.2 Å². The van der Waals surface area contributed by atoms with Gasteiger partial charge in [-0.15, -0.1) is 0 Å². The van der Waals surface area contributed by atoms with Gasteiger partial charge in [0.05, 0.1) is 0 Å². The van der Waals surface area contributed by atoms with Crippen molar-refractivity contribution in [1.82, 2.24) is 19.6 Å². The van der Waals surface area contributed by atoms with E-state index in [0.29, 0.717) is 0 Å². The molecule has 1 aliphatic carbocycles. The molecule has 3 aromatic rings. The Morgan fingerprint density at radius 1 is 1.23 bits per heavy atom. The molecule has 1 aromatic carbocycles. The molecule has 1 aliphatic rings. The van der Waals surface area contributed by atoms with E-state index in [9.17, 15) is 9.59 Å². The number of nitrogens with one attached hydrogen (secondary N) is 2. The van der Waals surface area contributed by atoms with Gasteiger partial charge in [-0.25, -0.2) is 9.97 Å². The van der Waals surface area contributed by atoms with Crippen LogP contribution in [0.4, 0.5) is 5.69 Å². The fourth-order valence-corrected chi connectivity index (χ4v) is 2.78. The van der Waals surface area contributed by atoms with Crippen molar-refractivity contribution in [3.8, 4) is 0 Å². The highest BCUT2D eigenvalue weighted by Gasteiger charge is 2.14. The molecule has 4 rings (SSSR count). The van der Waals surface area contributed by atoms with Crippen LogP contribution in [0.25, 0.3) is 5.78 Å². The van der Waals surface area contributed by atoms with E-state index in [2.05, 4.69) is 20.4 Å². The molecule has 1 amide bonds. The molecule has 2 heterocycles. The molecule has 0 bridgehead atoms. The lowest BCUT2D eigenvalue weighted by molar-refractivity contribution is 0.102. The summed E-state index contributed by atoms with van der Waals surface area (Å²) in [7, 11) is 0. The molecule has 2 N–H and O–H groups in total. The van der Waals surface area contributed by atoms with Crippen molar-refractivity contribution in [2.24, 2.45) is 0 Å². The zero-order valence-corrected chi connectivity index (χ0v) is 11.7. The first kappa shape index (κ1) is 12.8. The number of hydrogen-bond donors (Lipinski definition) is 2. The molecule has 0 saturated carbocycles. The van der Waals surface area contributed by atoms with Gasteiger partial charge in [0.2, 0.25) is 0 Å². The number of rotatable bonds is 2. The van der Waals surface area contributed by atoms with Crippen molar-refractivity contribution in [3.63, 3.8) is 0 Å². The van der Waals surface area contributed by atoms with Gasteiger partial charge in [-0.2, -0.15) is 4.52 Å². The number of anilines is 1. The SMILES string of the molecule is O=C(Nc1ccc2c(c1)CCC2)c1cc(=O)n2[nH]cnc2n1. The zero-order chi connectivity index (χ0) is 15.1. The van der Waals surface area contributed by atoms with Gasteiger partial charge in [-0.1, -0.05) is 6.07 Å². The smallest absolute Gasteiger partial charge is 0.274 e. The standard InChI is InChI=1S/C15H13N5O2/c21-13-7-12(19-15-16-8-17-20(13)15)14(22)18-11-5-4-9-2-1-3-10(9)6-11/h4-8H,1-3H2,(H,18,22)(H,16,17,19). The maximum atomic E-state index is 12.3. The fourth-order valence-electron chi connectivity index (χ4n) is 2.78. The van der Waals surface area contributed by atoms with Crippen LogP contribution in [0.5, 0.6) is 0 Å². The first-order valence-electron chi connectivity index (χ1n) is 7.07. The van der Waals surface area contributed by atoms with Gasteiger partial charge < -0.3 is 5.32 Å². The Labute approximate surface area is 125 Å². The fraction of sp³-hybridized carbons (Fsp3) is 0.200. The van der Waals surface area contributed by atoms with Crippen LogP contribution in [0, 0.1) is 0 Å². The quantitative estimate of drug-likeness (QED) is 0.742. The summed E-state index contributed by atoms with van der Waals surface area (Å²) in [5.41, 5.74) is 3.01. The average Bonchev–Trinajstić information content (AvgIpc) is 3.15. The van der Waals surface area contributed by atoms with Crippen molar-refractivity contribution in [3.05, 3.63) is 57.8 Å². The molecule has 0 spiro atoms. The van der Waals surface area contributed by atoms with Gasteiger partial charge in [0.25, 0.3) is 17.2 Å². The molecule has 0 fully saturated rings. The minimum absolute atomic E-state index is 0.0533. The van der Waals surface area contributed by atoms with Crippen molar-refractivity contribution in [2.75, 3.05) is 5.32 Å². The van der Waals surface area contributed by atoms with Gasteiger partial charge in [0, 0.05) is 11.8 Å². The number of carbonyl (C=O) groups excluding carboxylic acids is 1. The molecule has 22 heavy (non-hydrogen) atoms. The van der Waals surface area contributed by atoms with E-state index < -0.39 is 5.91 Å². The Hall–Kier alpha value is -2.96. The largest absolute Gasteiger partial charge is 0.321 e. The number of aromatic amines is 1. The number of aromatic nitrogens is 4. The summed E-state index contributed by atoms with van der Waals surface area (Å²) in [6.07, 6.45) is 4.64. The summed E-state index contributed by atoms with van der Waals surface area (Å²) in [5, 5.41) is 5.42. The molecule has 7 nitrogen and oxygen atoms in total. The number of fused-ring (bicyclic) bond motifs is 2. The molecular weight excluding hydrogens is 282 g/mol. The van der Waals surface area contributed by atoms with Crippen LogP contribution < -0.4 is 10.9 Å². The highest BCUT2D eigenvalue weighted by atomic mass is 16.2. The second-order valence-corrected chi connectivity index (χ2v) is 5.29. The lowest BCUT2D eigenvalue weighted by Gasteiger charge is -2.07. The lowest BCUT2D eigenvalue weighted by atomic mass is 10.1. The minimum Gasteiger partial charge on any atom is -0.321 e. The Kier molecular flexibility index (Phi) is 2.78. The van der Waals surface area contributed by atoms with Crippen LogP contribution in [0.3, 0.4) is 0 Å². The van der Waals surface area contributed by atoms with E-state index in [-0.39, 0.29) is 17.0 Å². The third-order valence-electron chi connectivity index (χ3n) is 3.86. The van der Waals surface area contributed by atoms with Crippen LogP contribution in [0.1, 0.15) is 28.0 Å². The predicted molar refractivity (Wildman–Crippen MR) is 80.0 cm³/mol. The molecule has 0 atom stereocenters. The van der Waals surface area contributed by atoms with Crippen LogP contribution in [-0.4, -0.2) is 25.5 Å². The third kappa shape index (κ3) is 2.07. The van der Waals surface area contributed by atoms with E-state index in [4.69, 9.17) is 0 Å². The van der Waals surface area contributed by atoms with E-state index in [1.165, 1.54) is 28.0 Å². The van der Waals surface area contributed by atoms with E-state index in [1.54, 1.807) is 0 Å². The summed E-state index contributed by atoms with van der Waals surface area (Å²) in [6.45, 7) is 0. The second-order valence-electron chi connectivity index (χ2n) is 5.29. The Bertz CT molecular complexity index is 941. The number of hydrogen-bond acceptors (Lipinski definition) is 4. The van der Waals surface area contributed by atoms with Gasteiger partial charge in [0.1, 0.15) is 12.0 Å². The molecule has 7 heteroatoms. The molecule has 0 radical (unpaired) electrons. The maximum absolute atomic E-state index is 12.3. The first-order chi connectivity index (χ1) is 10.7. The van der Waals surface area contributed by atoms with Gasteiger partial charge >= 0.3 is 0 Å². The summed E-state index contributed by atoms with van der Waals surface area (Å²) in [6, 6.07) is 7.09. The molecule has 0 unspecified atom stereocenters. The lowest BCUT2D eigenvalue weighted by Crippen LogP contribution is -2.21. The van der Waals surface area contributed by atoms with Crippen molar-refractivity contribution >= 4 is 17.4 Å². The van der Waals surface area contributed by atoms with Gasteiger partial charge in [0.15, 0.2) is 0 Å². The van der Waals surface area contributed by atoms with Crippen LogP contribution >= 0.6 is 0 Å². The van der Waals surface area contributed by atoms with Crippen LogP contribution in [0.15, 0.2) is 35.4 Å². The monoisotopic (exact) mass is 295 g/mol. The first-order valence-corrected chi connectivity index (χ1v) is 7.07. The van der Waals surface area contributed by atoms with E-state index >= 15 is 0 Å². The number of amides is 1. The van der Waals surface area contributed by atoms with Gasteiger partial charge in [-0.05, 0) is 42.5 Å². The molecule has 110 valence electrons. The molecule has 0 aliphatic heterocycles. The Balaban J connectivity index is 1.64. The molecule has 0 saturated heterocycles. The van der Waals surface area contributed by atoms with E-state index in [0.717, 1.165) is 24.9 Å². The summed E-state index contributed by atoms with van der Waals surface area (Å²) < 4.78 is 1.17. The molecule has 2 aromatic heterocycles. The number of aryl methyl sites for hydroxylation is 2. The molecular formula is C15H13N5O2. The summed E-state index contributed by atoms with van der Waals surface area (Å²) >= 11 is 0. The number of benzene rings is 1. The van der Waals surface area contributed by atoms with Crippen molar-refractivity contribution < 1.29 is 4.79 Å². The Morgan fingerprint density at radius 2 is 2.09 bits per heavy atom. The van der Waals surface area contributed by atoms with Crippen LogP contribution in [-0.2, 0) is 12.8 Å². The normalized spacial score (nSPS) is 13.3. The Morgan fingerprint density at radius 3 is 3.00 bits per heavy atom. The minimum atomic E-state index is -0.416. The zero-order valence-electron chi connectivity index (χ0n) is 11.7. The summed E-state index contributed by atoms with van der Waals surface area (Å²) in [5.74, 6) is -0.243. The predicted octanol–water partition coefficient (Wildman–Crippen LogP) is 1.16. The van der Waals surface area contributed by atoms with Gasteiger partial charge in [-0.3, -0.25) is 14.7 Å². The van der Waals surface area contributed by atoms with Crippen LogP contribution in [0.2, 0.25) is 0 Å². The second kappa shape index (κ2) is 4.80. The number of nitrogens with zero attached hydrogens (tertiary/aromatic N) is 3. The van der Waals surface area contributed by atoms with Crippen molar-refractivity contribution in [2.45, 2.75) is 19.3 Å². The average molecular weight is 295 g/mol. The maximum Gasteiger partial charge on any atom is 0.274 e. The number of H-pyrrole nitrogens is 1. The van der Waals surface area contributed by atoms with Crippen molar-refractivity contribution in [1.29, 1.82) is 0 Å². The third-order valence-corrected chi connectivity index (χ3v) is 3.86. The number of carbonyl (C=O) groups is 1. The highest BCUT2D eigenvalue weighted by molar-refractivity contribution is 6.03. The summed E-state index contributed by atoms with van der Waals surface area (Å²) in [4.78, 5) is 32.1. The highest BCUT2D eigenvalue weighted by Crippen LogP contribution is 2.25. The topological polar surface area (TPSA) is 92.2 Å².